The molecule has 0 bridgehead atoms. The van der Waals surface area contributed by atoms with E-state index in [2.05, 4.69) is 15.9 Å². The lowest BCUT2D eigenvalue weighted by atomic mass is 9.99. The van der Waals surface area contributed by atoms with Gasteiger partial charge in [0.2, 0.25) is 5.82 Å². The number of nitrogens with zero attached hydrogens (tertiary/aromatic N) is 1. The van der Waals surface area contributed by atoms with Crippen LogP contribution in [0.2, 0.25) is 0 Å². The zero-order valence-electron chi connectivity index (χ0n) is 8.05. The first-order valence-corrected chi connectivity index (χ1v) is 4.85. The molecule has 0 unspecified atom stereocenters. The maximum absolute atomic E-state index is 13.6. The monoisotopic (exact) mass is 279 g/mol. The molecule has 0 aromatic heterocycles. The second-order valence-electron chi connectivity index (χ2n) is 3.51. The van der Waals surface area contributed by atoms with Crippen molar-refractivity contribution in [2.45, 2.75) is 19.5 Å². The van der Waals surface area contributed by atoms with Crippen molar-refractivity contribution >= 4 is 21.6 Å². The molecule has 3 nitrogen and oxygen atoms in total. The largest absolute Gasteiger partial charge is 0.305 e. The summed E-state index contributed by atoms with van der Waals surface area (Å²) in [6.07, 6.45) is 0. The van der Waals surface area contributed by atoms with Crippen molar-refractivity contribution in [3.63, 3.8) is 0 Å². The van der Waals surface area contributed by atoms with Gasteiger partial charge in [-0.15, -0.1) is 0 Å². The molecule has 0 saturated carbocycles. The summed E-state index contributed by atoms with van der Waals surface area (Å²) in [6.45, 7) is 2.49. The van der Waals surface area contributed by atoms with E-state index >= 15 is 0 Å². The molecule has 0 atom stereocenters. The maximum atomic E-state index is 13.6. The lowest BCUT2D eigenvalue weighted by Crippen LogP contribution is -2.11. The van der Waals surface area contributed by atoms with Crippen LogP contribution < -0.4 is 0 Å². The molecular weight excluding hydrogens is 272 g/mol. The number of nitro groups is 1. The van der Waals surface area contributed by atoms with Gasteiger partial charge in [0.05, 0.1) is 4.92 Å². The molecule has 0 radical (unpaired) electrons. The molecule has 1 aromatic rings. The van der Waals surface area contributed by atoms with Crippen LogP contribution in [0.25, 0.3) is 0 Å². The minimum atomic E-state index is -1.77. The molecule has 1 aromatic carbocycles. The number of rotatable bonds is 2. The zero-order chi connectivity index (χ0) is 11.8. The van der Waals surface area contributed by atoms with Gasteiger partial charge in [0.25, 0.3) is 0 Å². The topological polar surface area (TPSA) is 43.1 Å². The van der Waals surface area contributed by atoms with Crippen LogP contribution in [0.4, 0.5) is 14.5 Å². The molecule has 6 heteroatoms. The zero-order valence-corrected chi connectivity index (χ0v) is 9.64. The Kier molecular flexibility index (Phi) is 3.08. The van der Waals surface area contributed by atoms with Gasteiger partial charge in [0.1, 0.15) is 5.67 Å². The second-order valence-corrected chi connectivity index (χ2v) is 4.37. The maximum Gasteiger partial charge on any atom is 0.305 e. The lowest BCUT2D eigenvalue weighted by Gasteiger charge is -2.16. The van der Waals surface area contributed by atoms with E-state index in [4.69, 9.17) is 0 Å². The minimum Gasteiger partial charge on any atom is -0.258 e. The van der Waals surface area contributed by atoms with Crippen molar-refractivity contribution in [2.24, 2.45) is 0 Å². The van der Waals surface area contributed by atoms with E-state index in [1.807, 2.05) is 0 Å². The van der Waals surface area contributed by atoms with Crippen LogP contribution in [0, 0.1) is 15.9 Å². The average molecular weight is 280 g/mol. The van der Waals surface area contributed by atoms with Crippen LogP contribution in [0.15, 0.2) is 16.6 Å². The Hall–Kier alpha value is -1.04. The highest BCUT2D eigenvalue weighted by molar-refractivity contribution is 9.10. The summed E-state index contributed by atoms with van der Waals surface area (Å²) in [7, 11) is 0. The Bertz CT molecular complexity index is 415. The number of halogens is 3. The van der Waals surface area contributed by atoms with Gasteiger partial charge in [-0.25, -0.2) is 4.39 Å². The molecule has 82 valence electrons. The van der Waals surface area contributed by atoms with Crippen LogP contribution in [-0.4, -0.2) is 4.92 Å². The van der Waals surface area contributed by atoms with Gasteiger partial charge >= 0.3 is 5.69 Å². The summed E-state index contributed by atoms with van der Waals surface area (Å²) in [5, 5.41) is 10.4. The highest BCUT2D eigenvalue weighted by Crippen LogP contribution is 2.35. The molecule has 0 amide bonds. The normalized spacial score (nSPS) is 11.5. The van der Waals surface area contributed by atoms with Crippen molar-refractivity contribution in [1.82, 2.24) is 0 Å². The van der Waals surface area contributed by atoms with Gasteiger partial charge in [-0.1, -0.05) is 15.9 Å². The molecule has 0 heterocycles. The SMILES string of the molecule is CC(C)(F)c1cc([N+](=O)[O-])c(F)cc1Br. The van der Waals surface area contributed by atoms with E-state index in [9.17, 15) is 18.9 Å². The first-order chi connectivity index (χ1) is 6.73. The van der Waals surface area contributed by atoms with Gasteiger partial charge in [-0.05, 0) is 19.9 Å². The standard InChI is InChI=1S/C9H8BrF2NO2/c1-9(2,12)5-3-8(13(14)15)7(11)4-6(5)10/h3-4H,1-2H3. The fourth-order valence-corrected chi connectivity index (χ4v) is 1.92. The van der Waals surface area contributed by atoms with Gasteiger partial charge in [-0.2, -0.15) is 4.39 Å². The molecular formula is C9H8BrF2NO2. The third-order valence-electron chi connectivity index (χ3n) is 1.87. The summed E-state index contributed by atoms with van der Waals surface area (Å²) in [4.78, 5) is 9.56. The van der Waals surface area contributed by atoms with Crippen molar-refractivity contribution in [1.29, 1.82) is 0 Å². The Balaban J connectivity index is 3.43. The van der Waals surface area contributed by atoms with Crippen molar-refractivity contribution in [2.75, 3.05) is 0 Å². The summed E-state index contributed by atoms with van der Waals surface area (Å²) < 4.78 is 26.8. The highest BCUT2D eigenvalue weighted by atomic mass is 79.9. The van der Waals surface area contributed by atoms with Gasteiger partial charge in [0.15, 0.2) is 0 Å². The second kappa shape index (κ2) is 3.84. The molecule has 15 heavy (non-hydrogen) atoms. The summed E-state index contributed by atoms with van der Waals surface area (Å²) >= 11 is 2.96. The van der Waals surface area contributed by atoms with Crippen molar-refractivity contribution in [3.8, 4) is 0 Å². The van der Waals surface area contributed by atoms with Crippen LogP contribution in [0.3, 0.4) is 0 Å². The number of benzene rings is 1. The molecule has 0 aliphatic rings. The van der Waals surface area contributed by atoms with E-state index in [0.717, 1.165) is 12.1 Å². The molecule has 0 aliphatic heterocycles. The molecule has 0 saturated heterocycles. The third-order valence-corrected chi connectivity index (χ3v) is 2.53. The van der Waals surface area contributed by atoms with E-state index < -0.39 is 22.1 Å². The van der Waals surface area contributed by atoms with Crippen LogP contribution >= 0.6 is 15.9 Å². The molecule has 0 fully saturated rings. The number of hydrogen-bond donors (Lipinski definition) is 0. The molecule has 0 spiro atoms. The summed E-state index contributed by atoms with van der Waals surface area (Å²) in [5.41, 5.74) is -2.44. The highest BCUT2D eigenvalue weighted by Gasteiger charge is 2.27. The Morgan fingerprint density at radius 2 is 2.00 bits per heavy atom. The fraction of sp³-hybridized carbons (Fsp3) is 0.333. The van der Waals surface area contributed by atoms with Gasteiger partial charge < -0.3 is 0 Å². The van der Waals surface area contributed by atoms with E-state index in [-0.39, 0.29) is 10.0 Å². The van der Waals surface area contributed by atoms with Crippen molar-refractivity contribution < 1.29 is 13.7 Å². The number of nitro benzene ring substituents is 1. The van der Waals surface area contributed by atoms with E-state index in [1.165, 1.54) is 13.8 Å². The predicted molar refractivity (Wildman–Crippen MR) is 54.9 cm³/mol. The number of hydrogen-bond acceptors (Lipinski definition) is 2. The van der Waals surface area contributed by atoms with E-state index in [1.54, 1.807) is 0 Å². The minimum absolute atomic E-state index is 0.0515. The quantitative estimate of drug-likeness (QED) is 0.612. The Morgan fingerprint density at radius 3 is 2.40 bits per heavy atom. The Labute approximate surface area is 93.4 Å². The number of alkyl halides is 1. The predicted octanol–water partition coefficient (Wildman–Crippen LogP) is 3.70. The van der Waals surface area contributed by atoms with Crippen LogP contribution in [0.5, 0.6) is 0 Å². The Morgan fingerprint density at radius 1 is 1.47 bits per heavy atom. The fourth-order valence-electron chi connectivity index (χ4n) is 1.13. The smallest absolute Gasteiger partial charge is 0.258 e. The summed E-state index contributed by atoms with van der Waals surface area (Å²) in [6, 6.07) is 1.80. The van der Waals surface area contributed by atoms with Crippen molar-refractivity contribution in [3.05, 3.63) is 38.1 Å². The van der Waals surface area contributed by atoms with Crippen LogP contribution in [-0.2, 0) is 5.67 Å². The molecule has 0 aliphatic carbocycles. The third kappa shape index (κ3) is 2.50. The van der Waals surface area contributed by atoms with Gasteiger partial charge in [0, 0.05) is 16.1 Å². The first kappa shape index (κ1) is 12.0. The molecule has 1 rings (SSSR count). The van der Waals surface area contributed by atoms with Gasteiger partial charge in [-0.3, -0.25) is 10.1 Å². The lowest BCUT2D eigenvalue weighted by molar-refractivity contribution is -0.387. The summed E-state index contributed by atoms with van der Waals surface area (Å²) in [5.74, 6) is -0.986. The van der Waals surface area contributed by atoms with E-state index in [0.29, 0.717) is 0 Å². The average Bonchev–Trinajstić information content (AvgIpc) is 2.00. The molecule has 0 N–H and O–H groups in total. The van der Waals surface area contributed by atoms with Crippen LogP contribution in [0.1, 0.15) is 19.4 Å². The first-order valence-electron chi connectivity index (χ1n) is 4.06.